The molecule has 34 heavy (non-hydrogen) atoms. The molecule has 2 aliphatic rings. The molecule has 1 aromatic carbocycles. The first-order chi connectivity index (χ1) is 16.2. The quantitative estimate of drug-likeness (QED) is 0.665. The Hall–Kier alpha value is -3.42. The number of hydrogen-bond acceptors (Lipinski definition) is 5. The molecule has 2 fully saturated rings. The van der Waals surface area contributed by atoms with E-state index in [-0.39, 0.29) is 23.8 Å². The monoisotopic (exact) mass is 463 g/mol. The Morgan fingerprint density at radius 1 is 1.18 bits per heavy atom. The fourth-order valence-electron chi connectivity index (χ4n) is 5.16. The summed E-state index contributed by atoms with van der Waals surface area (Å²) in [7, 11) is 0. The first kappa shape index (κ1) is 23.7. The van der Waals surface area contributed by atoms with Gasteiger partial charge in [0.15, 0.2) is 0 Å². The molecule has 0 radical (unpaired) electrons. The lowest BCUT2D eigenvalue weighted by Crippen LogP contribution is -2.55. The molecule has 2 aromatic rings. The molecule has 3 heterocycles. The van der Waals surface area contributed by atoms with Crippen LogP contribution in [0.25, 0.3) is 0 Å². The highest BCUT2D eigenvalue weighted by Crippen LogP contribution is 2.33. The molecule has 4 amide bonds. The number of carbonyl (C=O) groups is 3. The largest absolute Gasteiger partial charge is 0.353 e. The van der Waals surface area contributed by atoms with Crippen molar-refractivity contribution >= 4 is 23.7 Å². The normalized spacial score (nSPS) is 22.7. The van der Waals surface area contributed by atoms with E-state index in [9.17, 15) is 14.4 Å². The number of pyridine rings is 1. The van der Waals surface area contributed by atoms with Gasteiger partial charge in [0, 0.05) is 37.4 Å². The van der Waals surface area contributed by atoms with Gasteiger partial charge in [-0.3, -0.25) is 14.9 Å². The Labute approximate surface area is 200 Å². The molecule has 2 atom stereocenters. The number of piperazine rings is 1. The number of anilines is 1. The van der Waals surface area contributed by atoms with Crippen LogP contribution in [-0.2, 0) is 10.3 Å². The summed E-state index contributed by atoms with van der Waals surface area (Å²) < 4.78 is 0. The van der Waals surface area contributed by atoms with Crippen LogP contribution in [0.15, 0.2) is 36.5 Å². The lowest BCUT2D eigenvalue weighted by atomic mass is 9.79. The Kier molecular flexibility index (Phi) is 6.34. The van der Waals surface area contributed by atoms with Crippen molar-refractivity contribution in [2.45, 2.75) is 52.6 Å². The maximum Gasteiger partial charge on any atom is 0.322 e. The lowest BCUT2D eigenvalue weighted by molar-refractivity contribution is -0.125. The van der Waals surface area contributed by atoms with Crippen LogP contribution in [-0.4, -0.2) is 53.4 Å². The van der Waals surface area contributed by atoms with Crippen molar-refractivity contribution in [1.82, 2.24) is 20.5 Å². The van der Waals surface area contributed by atoms with Crippen LogP contribution in [0.4, 0.5) is 10.6 Å². The van der Waals surface area contributed by atoms with Crippen molar-refractivity contribution in [2.75, 3.05) is 24.5 Å². The van der Waals surface area contributed by atoms with Crippen LogP contribution in [0.2, 0.25) is 0 Å². The Morgan fingerprint density at radius 2 is 1.88 bits per heavy atom. The summed E-state index contributed by atoms with van der Waals surface area (Å²) in [6, 6.07) is 8.77. The summed E-state index contributed by atoms with van der Waals surface area (Å²) in [6.07, 6.45) is 2.73. The van der Waals surface area contributed by atoms with E-state index in [1.165, 1.54) is 0 Å². The fraction of sp³-hybridized carbons (Fsp3) is 0.462. The second-order valence-corrected chi connectivity index (χ2v) is 9.61. The number of hydrogen-bond donors (Lipinski definition) is 2. The average molecular weight is 464 g/mol. The van der Waals surface area contributed by atoms with Gasteiger partial charge in [-0.1, -0.05) is 39.0 Å². The molecule has 2 N–H and O–H groups in total. The van der Waals surface area contributed by atoms with Crippen LogP contribution in [0.1, 0.15) is 54.2 Å². The maximum atomic E-state index is 13.4. The summed E-state index contributed by atoms with van der Waals surface area (Å²) in [4.78, 5) is 46.7. The Balaban J connectivity index is 1.53. The van der Waals surface area contributed by atoms with E-state index < -0.39 is 11.6 Å². The SMILES string of the molecule is CC[C@@H]1CN(c2ncc(C)cc2C)CCN1C(=O)c1ccc([C@@]2(C(C)C)NC(=O)NC2=O)cc1. The third-order valence-electron chi connectivity index (χ3n) is 7.05. The van der Waals surface area contributed by atoms with Crippen molar-refractivity contribution in [2.24, 2.45) is 5.92 Å². The molecule has 0 spiro atoms. The highest BCUT2D eigenvalue weighted by Gasteiger charge is 2.50. The minimum absolute atomic E-state index is 0.0230. The van der Waals surface area contributed by atoms with Crippen molar-refractivity contribution in [3.8, 4) is 0 Å². The number of aryl methyl sites for hydroxylation is 2. The molecule has 0 saturated carbocycles. The van der Waals surface area contributed by atoms with E-state index in [1.807, 2.05) is 31.9 Å². The van der Waals surface area contributed by atoms with Gasteiger partial charge in [0.25, 0.3) is 11.8 Å². The van der Waals surface area contributed by atoms with Crippen molar-refractivity contribution in [3.63, 3.8) is 0 Å². The molecule has 2 saturated heterocycles. The molecule has 8 heteroatoms. The van der Waals surface area contributed by atoms with E-state index in [2.05, 4.69) is 40.4 Å². The average Bonchev–Trinajstić information content (AvgIpc) is 3.13. The molecule has 0 unspecified atom stereocenters. The molecule has 2 aliphatic heterocycles. The van der Waals surface area contributed by atoms with Gasteiger partial charge >= 0.3 is 6.03 Å². The summed E-state index contributed by atoms with van der Waals surface area (Å²) in [6.45, 7) is 12.1. The van der Waals surface area contributed by atoms with Crippen LogP contribution in [0.5, 0.6) is 0 Å². The zero-order valence-corrected chi connectivity index (χ0v) is 20.5. The molecule has 4 rings (SSSR count). The molecule has 0 bridgehead atoms. The zero-order chi connectivity index (χ0) is 24.6. The van der Waals surface area contributed by atoms with Crippen molar-refractivity contribution in [1.29, 1.82) is 0 Å². The van der Waals surface area contributed by atoms with Gasteiger partial charge in [-0.25, -0.2) is 9.78 Å². The molecular weight excluding hydrogens is 430 g/mol. The predicted molar refractivity (Wildman–Crippen MR) is 131 cm³/mol. The van der Waals surface area contributed by atoms with Gasteiger partial charge < -0.3 is 15.1 Å². The number of rotatable bonds is 5. The first-order valence-corrected chi connectivity index (χ1v) is 11.9. The molecule has 180 valence electrons. The van der Waals surface area contributed by atoms with Crippen LogP contribution >= 0.6 is 0 Å². The number of nitrogens with zero attached hydrogens (tertiary/aromatic N) is 3. The van der Waals surface area contributed by atoms with Gasteiger partial charge in [0.05, 0.1) is 0 Å². The fourth-order valence-corrected chi connectivity index (χ4v) is 5.16. The number of imide groups is 1. The van der Waals surface area contributed by atoms with E-state index in [0.29, 0.717) is 17.7 Å². The molecule has 8 nitrogen and oxygen atoms in total. The number of nitrogens with one attached hydrogen (secondary N) is 2. The topological polar surface area (TPSA) is 94.6 Å². The first-order valence-electron chi connectivity index (χ1n) is 11.9. The number of urea groups is 1. The summed E-state index contributed by atoms with van der Waals surface area (Å²) >= 11 is 0. The number of aromatic nitrogens is 1. The second-order valence-electron chi connectivity index (χ2n) is 9.61. The predicted octanol–water partition coefficient (Wildman–Crippen LogP) is 3.13. The van der Waals surface area contributed by atoms with Crippen molar-refractivity contribution in [3.05, 3.63) is 58.8 Å². The lowest BCUT2D eigenvalue weighted by Gasteiger charge is -2.42. The Morgan fingerprint density at radius 3 is 2.44 bits per heavy atom. The van der Waals surface area contributed by atoms with Crippen molar-refractivity contribution < 1.29 is 14.4 Å². The van der Waals surface area contributed by atoms with Gasteiger partial charge in [0.1, 0.15) is 11.4 Å². The van der Waals surface area contributed by atoms with Gasteiger partial charge in [-0.15, -0.1) is 0 Å². The smallest absolute Gasteiger partial charge is 0.322 e. The third kappa shape index (κ3) is 4.02. The standard InChI is InChI=1S/C26H33N5O3/c1-6-21-15-30(22-18(5)13-17(4)14-27-22)11-12-31(21)23(32)19-7-9-20(10-8-19)26(16(2)3)24(33)28-25(34)29-26/h7-10,13-14,16,21H,6,11-12,15H2,1-5H3,(H2,28,29,33,34)/t21-,26-/m1/s1. The summed E-state index contributed by atoms with van der Waals surface area (Å²) in [5.74, 6) is 0.437. The molecule has 1 aromatic heterocycles. The van der Waals surface area contributed by atoms with Crippen LogP contribution < -0.4 is 15.5 Å². The maximum absolute atomic E-state index is 13.4. The van der Waals surface area contributed by atoms with E-state index >= 15 is 0 Å². The minimum atomic E-state index is -1.13. The summed E-state index contributed by atoms with van der Waals surface area (Å²) in [5.41, 5.74) is 2.39. The highest BCUT2D eigenvalue weighted by atomic mass is 16.2. The molecule has 0 aliphatic carbocycles. The number of amides is 4. The van der Waals surface area contributed by atoms with E-state index in [4.69, 9.17) is 0 Å². The van der Waals surface area contributed by atoms with E-state index in [1.54, 1.807) is 24.3 Å². The van der Waals surface area contributed by atoms with E-state index in [0.717, 1.165) is 36.5 Å². The van der Waals surface area contributed by atoms with Crippen LogP contribution in [0.3, 0.4) is 0 Å². The second kappa shape index (κ2) is 9.08. The zero-order valence-electron chi connectivity index (χ0n) is 20.5. The van der Waals surface area contributed by atoms with Gasteiger partial charge in [0.2, 0.25) is 0 Å². The van der Waals surface area contributed by atoms with Gasteiger partial charge in [-0.05, 0) is 55.0 Å². The van der Waals surface area contributed by atoms with Gasteiger partial charge in [-0.2, -0.15) is 0 Å². The third-order valence-corrected chi connectivity index (χ3v) is 7.05. The molecular formula is C26H33N5O3. The minimum Gasteiger partial charge on any atom is -0.353 e. The Bertz CT molecular complexity index is 1110. The summed E-state index contributed by atoms with van der Waals surface area (Å²) in [5, 5.41) is 5.12. The number of benzene rings is 1. The number of carbonyl (C=O) groups excluding carboxylic acids is 3. The highest BCUT2D eigenvalue weighted by molar-refractivity contribution is 6.07. The van der Waals surface area contributed by atoms with Crippen LogP contribution in [0, 0.1) is 19.8 Å².